The van der Waals surface area contributed by atoms with Crippen LogP contribution in [0.15, 0.2) is 35.7 Å². The van der Waals surface area contributed by atoms with Crippen LogP contribution in [0, 0.1) is 23.2 Å². The minimum absolute atomic E-state index is 0.0288. The number of aliphatic imine (C=N–C) groups is 1. The number of likely N-dealkylation sites (tertiary alicyclic amines) is 1. The highest BCUT2D eigenvalue weighted by Gasteiger charge is 2.39. The molecule has 1 fully saturated rings. The van der Waals surface area contributed by atoms with E-state index in [9.17, 15) is 5.26 Å². The monoisotopic (exact) mass is 320 g/mol. The van der Waals surface area contributed by atoms with Crippen molar-refractivity contribution in [2.24, 2.45) is 16.8 Å². The molecule has 0 spiro atoms. The fraction of sp³-hybridized carbons (Fsp3) is 0.444. The van der Waals surface area contributed by atoms with Crippen LogP contribution in [0.4, 0.5) is 5.82 Å². The van der Waals surface area contributed by atoms with E-state index in [1.165, 1.54) is 0 Å². The number of fused-ring (bicyclic) bond motifs is 1. The first-order valence-electron chi connectivity index (χ1n) is 8.37. The number of aromatic nitrogens is 3. The molecule has 2 aromatic heterocycles. The summed E-state index contributed by atoms with van der Waals surface area (Å²) in [5.41, 5.74) is 3.12. The van der Waals surface area contributed by atoms with Gasteiger partial charge in [-0.3, -0.25) is 10.1 Å². The van der Waals surface area contributed by atoms with E-state index in [2.05, 4.69) is 33.2 Å². The van der Waals surface area contributed by atoms with Crippen LogP contribution < -0.4 is 0 Å². The molecule has 2 aliphatic rings. The zero-order chi connectivity index (χ0) is 16.5. The van der Waals surface area contributed by atoms with E-state index in [0.29, 0.717) is 5.92 Å². The SMILES string of the molecule is CN1CCC(C2=Nc3[nH]ncc3C(c3ccncc3)C2C#N)CC1. The summed E-state index contributed by atoms with van der Waals surface area (Å²) in [4.78, 5) is 11.3. The number of H-pyrrole nitrogens is 1. The van der Waals surface area contributed by atoms with E-state index >= 15 is 0 Å². The van der Waals surface area contributed by atoms with Gasteiger partial charge < -0.3 is 4.90 Å². The Kier molecular flexibility index (Phi) is 3.87. The highest BCUT2D eigenvalue weighted by molar-refractivity contribution is 5.96. The molecule has 24 heavy (non-hydrogen) atoms. The Bertz CT molecular complexity index is 779. The van der Waals surface area contributed by atoms with Crippen LogP contribution in [0.3, 0.4) is 0 Å². The number of rotatable bonds is 2. The smallest absolute Gasteiger partial charge is 0.151 e. The Morgan fingerprint density at radius 2 is 2.00 bits per heavy atom. The first-order chi connectivity index (χ1) is 11.8. The third kappa shape index (κ3) is 2.51. The quantitative estimate of drug-likeness (QED) is 0.922. The standard InChI is InChI=1S/C18H20N6/c1-24-8-4-13(5-9-24)17-14(10-19)16(12-2-6-20-7-3-12)15-11-21-23-18(15)22-17/h2-3,6-7,11,13-14,16H,4-5,8-9H2,1H3,(H,21,23). The highest BCUT2D eigenvalue weighted by atomic mass is 15.2. The zero-order valence-electron chi connectivity index (χ0n) is 13.7. The summed E-state index contributed by atoms with van der Waals surface area (Å²) in [5.74, 6) is 0.897. The molecule has 2 aliphatic heterocycles. The van der Waals surface area contributed by atoms with Crippen molar-refractivity contribution in [2.45, 2.75) is 18.8 Å². The summed E-state index contributed by atoms with van der Waals surface area (Å²) in [5, 5.41) is 17.1. The van der Waals surface area contributed by atoms with Crippen LogP contribution in [0.1, 0.15) is 29.9 Å². The average Bonchev–Trinajstić information content (AvgIpc) is 3.09. The van der Waals surface area contributed by atoms with Crippen molar-refractivity contribution in [1.29, 1.82) is 5.26 Å². The molecule has 122 valence electrons. The number of piperidine rings is 1. The second-order valence-corrected chi connectivity index (χ2v) is 6.65. The summed E-state index contributed by atoms with van der Waals surface area (Å²) in [6.07, 6.45) is 7.48. The van der Waals surface area contributed by atoms with Crippen LogP contribution in [0.5, 0.6) is 0 Å². The third-order valence-electron chi connectivity index (χ3n) is 5.22. The van der Waals surface area contributed by atoms with Crippen molar-refractivity contribution >= 4 is 11.5 Å². The summed E-state index contributed by atoms with van der Waals surface area (Å²) in [7, 11) is 2.15. The molecule has 4 heterocycles. The minimum Gasteiger partial charge on any atom is -0.306 e. The Balaban J connectivity index is 1.77. The van der Waals surface area contributed by atoms with Gasteiger partial charge in [0.15, 0.2) is 5.82 Å². The number of hydrogen-bond acceptors (Lipinski definition) is 5. The topological polar surface area (TPSA) is 81.0 Å². The van der Waals surface area contributed by atoms with E-state index < -0.39 is 0 Å². The predicted octanol–water partition coefficient (Wildman–Crippen LogP) is 2.50. The molecular formula is C18H20N6. The average molecular weight is 320 g/mol. The number of nitriles is 1. The van der Waals surface area contributed by atoms with Gasteiger partial charge in [0.2, 0.25) is 0 Å². The Morgan fingerprint density at radius 1 is 1.25 bits per heavy atom. The fourth-order valence-corrected chi connectivity index (χ4v) is 3.89. The molecular weight excluding hydrogens is 300 g/mol. The van der Waals surface area contributed by atoms with Crippen molar-refractivity contribution < 1.29 is 0 Å². The molecule has 6 nitrogen and oxygen atoms in total. The predicted molar refractivity (Wildman–Crippen MR) is 91.1 cm³/mol. The van der Waals surface area contributed by atoms with Crippen molar-refractivity contribution in [1.82, 2.24) is 20.1 Å². The van der Waals surface area contributed by atoms with E-state index in [4.69, 9.17) is 4.99 Å². The van der Waals surface area contributed by atoms with Crippen LogP contribution in [0.2, 0.25) is 0 Å². The number of aromatic amines is 1. The van der Waals surface area contributed by atoms with Gasteiger partial charge in [0.05, 0.1) is 18.2 Å². The maximum atomic E-state index is 9.95. The number of hydrogen-bond donors (Lipinski definition) is 1. The van der Waals surface area contributed by atoms with Gasteiger partial charge in [-0.15, -0.1) is 0 Å². The minimum atomic E-state index is -0.245. The lowest BCUT2D eigenvalue weighted by Gasteiger charge is -2.35. The van der Waals surface area contributed by atoms with Crippen LogP contribution in [0.25, 0.3) is 0 Å². The van der Waals surface area contributed by atoms with E-state index in [1.807, 2.05) is 12.1 Å². The lowest BCUT2D eigenvalue weighted by atomic mass is 9.73. The maximum absolute atomic E-state index is 9.95. The molecule has 2 atom stereocenters. The Labute approximate surface area is 141 Å². The van der Waals surface area contributed by atoms with E-state index in [0.717, 1.165) is 48.6 Å². The lowest BCUT2D eigenvalue weighted by molar-refractivity contribution is 0.249. The van der Waals surface area contributed by atoms with Crippen LogP contribution >= 0.6 is 0 Å². The molecule has 2 aromatic rings. The van der Waals surface area contributed by atoms with E-state index in [-0.39, 0.29) is 11.8 Å². The molecule has 6 heteroatoms. The molecule has 0 bridgehead atoms. The molecule has 0 aliphatic carbocycles. The van der Waals surface area contributed by atoms with Crippen LogP contribution in [-0.4, -0.2) is 45.9 Å². The number of nitrogens with zero attached hydrogens (tertiary/aromatic N) is 5. The first-order valence-corrected chi connectivity index (χ1v) is 8.37. The molecule has 0 saturated carbocycles. The summed E-state index contributed by atoms with van der Waals surface area (Å²) in [6, 6.07) is 6.51. The van der Waals surface area contributed by atoms with Gasteiger partial charge in [-0.25, -0.2) is 4.99 Å². The van der Waals surface area contributed by atoms with Gasteiger partial charge >= 0.3 is 0 Å². The Hall–Kier alpha value is -2.52. The van der Waals surface area contributed by atoms with Crippen molar-refractivity contribution in [3.63, 3.8) is 0 Å². The van der Waals surface area contributed by atoms with Gasteiger partial charge in [-0.1, -0.05) is 0 Å². The van der Waals surface area contributed by atoms with Gasteiger partial charge in [-0.05, 0) is 50.7 Å². The molecule has 2 unspecified atom stereocenters. The van der Waals surface area contributed by atoms with Crippen molar-refractivity contribution in [3.8, 4) is 6.07 Å². The molecule has 1 saturated heterocycles. The second kappa shape index (κ2) is 6.17. The molecule has 0 radical (unpaired) electrons. The first kappa shape index (κ1) is 15.0. The normalized spacial score (nSPS) is 24.9. The maximum Gasteiger partial charge on any atom is 0.151 e. The number of pyridine rings is 1. The molecule has 0 amide bonds. The van der Waals surface area contributed by atoms with E-state index in [1.54, 1.807) is 18.6 Å². The lowest BCUT2D eigenvalue weighted by Crippen LogP contribution is -2.38. The number of nitrogens with one attached hydrogen (secondary N) is 1. The molecule has 4 rings (SSSR count). The van der Waals surface area contributed by atoms with Gasteiger partial charge in [0.1, 0.15) is 0 Å². The summed E-state index contributed by atoms with van der Waals surface area (Å²) in [6.45, 7) is 2.11. The van der Waals surface area contributed by atoms with Crippen molar-refractivity contribution in [2.75, 3.05) is 20.1 Å². The zero-order valence-corrected chi connectivity index (χ0v) is 13.7. The van der Waals surface area contributed by atoms with Crippen LogP contribution in [-0.2, 0) is 0 Å². The Morgan fingerprint density at radius 3 is 2.71 bits per heavy atom. The van der Waals surface area contributed by atoms with Gasteiger partial charge in [-0.2, -0.15) is 10.4 Å². The molecule has 1 N–H and O–H groups in total. The van der Waals surface area contributed by atoms with Gasteiger partial charge in [0.25, 0.3) is 0 Å². The fourth-order valence-electron chi connectivity index (χ4n) is 3.89. The molecule has 0 aromatic carbocycles. The summed E-state index contributed by atoms with van der Waals surface area (Å²) < 4.78 is 0. The largest absolute Gasteiger partial charge is 0.306 e. The van der Waals surface area contributed by atoms with Crippen molar-refractivity contribution in [3.05, 3.63) is 41.9 Å². The second-order valence-electron chi connectivity index (χ2n) is 6.65. The highest BCUT2D eigenvalue weighted by Crippen LogP contribution is 2.43. The summed E-state index contributed by atoms with van der Waals surface area (Å²) >= 11 is 0. The third-order valence-corrected chi connectivity index (χ3v) is 5.22. The van der Waals surface area contributed by atoms with Gasteiger partial charge in [0, 0.05) is 35.5 Å².